The second kappa shape index (κ2) is 7.26. The van der Waals surface area contributed by atoms with Crippen molar-refractivity contribution >= 4 is 11.6 Å². The molecule has 0 saturated carbocycles. The van der Waals surface area contributed by atoms with E-state index in [1.165, 1.54) is 6.07 Å². The molecular weight excluding hydrogens is 283 g/mol. The quantitative estimate of drug-likeness (QED) is 0.711. The minimum absolute atomic E-state index is 0.252. The van der Waals surface area contributed by atoms with Crippen molar-refractivity contribution in [3.63, 3.8) is 0 Å². The van der Waals surface area contributed by atoms with Crippen LogP contribution in [0.3, 0.4) is 0 Å². The fourth-order valence-corrected chi connectivity index (χ4v) is 1.68. The summed E-state index contributed by atoms with van der Waals surface area (Å²) in [6.45, 7) is 3.90. The smallest absolute Gasteiger partial charge is 0.222 e. The lowest BCUT2D eigenvalue weighted by atomic mass is 10.2. The van der Waals surface area contributed by atoms with Crippen molar-refractivity contribution in [1.29, 1.82) is 5.53 Å². The number of aryl methyl sites for hydroxylation is 2. The summed E-state index contributed by atoms with van der Waals surface area (Å²) < 4.78 is 13.2. The standard InChI is InChI=1S/C15H17FN6/c1-10-6-19-15(20-7-10)21-9-13(22-17)8-18-12-3-4-14(16)11(2)5-12/h3-8,17-18H,9H2,1-2H3,(H,19,20,21)/b13-8-,22-17?. The summed E-state index contributed by atoms with van der Waals surface area (Å²) in [5.74, 6) is 0.218. The summed E-state index contributed by atoms with van der Waals surface area (Å²) in [7, 11) is 0. The van der Waals surface area contributed by atoms with Gasteiger partial charge in [0.1, 0.15) is 5.82 Å². The van der Waals surface area contributed by atoms with Gasteiger partial charge in [-0.05, 0) is 43.2 Å². The fourth-order valence-electron chi connectivity index (χ4n) is 1.68. The Labute approximate surface area is 128 Å². The van der Waals surface area contributed by atoms with E-state index in [-0.39, 0.29) is 5.82 Å². The zero-order chi connectivity index (χ0) is 15.9. The molecule has 0 saturated heterocycles. The average Bonchev–Trinajstić information content (AvgIpc) is 2.52. The largest absolute Gasteiger partial charge is 0.360 e. The van der Waals surface area contributed by atoms with Gasteiger partial charge in [0.2, 0.25) is 5.95 Å². The molecule has 0 spiro atoms. The molecule has 0 bridgehead atoms. The topological polar surface area (TPSA) is 86.0 Å². The van der Waals surface area contributed by atoms with Gasteiger partial charge in [-0.3, -0.25) is 0 Å². The van der Waals surface area contributed by atoms with E-state index in [0.29, 0.717) is 23.8 Å². The minimum atomic E-state index is -0.252. The molecular formula is C15H17FN6. The molecule has 0 fully saturated rings. The second-order valence-corrected chi connectivity index (χ2v) is 4.79. The first-order chi connectivity index (χ1) is 10.6. The highest BCUT2D eigenvalue weighted by molar-refractivity contribution is 5.48. The van der Waals surface area contributed by atoms with Gasteiger partial charge in [0.05, 0.1) is 12.2 Å². The SMILES string of the molecule is Cc1cnc(NC/C(=C/Nc2ccc(F)c(C)c2)N=N)nc1. The van der Waals surface area contributed by atoms with Gasteiger partial charge in [0, 0.05) is 24.3 Å². The van der Waals surface area contributed by atoms with Crippen LogP contribution in [0.2, 0.25) is 0 Å². The molecule has 0 atom stereocenters. The first-order valence-electron chi connectivity index (χ1n) is 6.70. The van der Waals surface area contributed by atoms with Crippen LogP contribution in [0.5, 0.6) is 0 Å². The third-order valence-electron chi connectivity index (χ3n) is 2.92. The number of rotatable bonds is 6. The van der Waals surface area contributed by atoms with Crippen LogP contribution in [-0.4, -0.2) is 16.5 Å². The predicted octanol–water partition coefficient (Wildman–Crippen LogP) is 3.63. The Morgan fingerprint density at radius 1 is 1.32 bits per heavy atom. The molecule has 0 aliphatic carbocycles. The molecule has 0 unspecified atom stereocenters. The van der Waals surface area contributed by atoms with Crippen molar-refractivity contribution in [3.8, 4) is 0 Å². The number of anilines is 2. The summed E-state index contributed by atoms with van der Waals surface area (Å²) >= 11 is 0. The average molecular weight is 300 g/mol. The van der Waals surface area contributed by atoms with Gasteiger partial charge in [-0.25, -0.2) is 19.9 Å². The van der Waals surface area contributed by atoms with Gasteiger partial charge in [0.25, 0.3) is 0 Å². The van der Waals surface area contributed by atoms with E-state index in [1.807, 2.05) is 6.92 Å². The maximum absolute atomic E-state index is 13.2. The van der Waals surface area contributed by atoms with Gasteiger partial charge in [0.15, 0.2) is 0 Å². The Kier molecular flexibility index (Phi) is 5.13. The van der Waals surface area contributed by atoms with Crippen molar-refractivity contribution < 1.29 is 4.39 Å². The van der Waals surface area contributed by atoms with E-state index < -0.39 is 0 Å². The Morgan fingerprint density at radius 2 is 2.05 bits per heavy atom. The van der Waals surface area contributed by atoms with E-state index in [2.05, 4.69) is 25.7 Å². The lowest BCUT2D eigenvalue weighted by Crippen LogP contribution is -2.07. The van der Waals surface area contributed by atoms with Crippen molar-refractivity contribution in [1.82, 2.24) is 9.97 Å². The number of hydrogen-bond acceptors (Lipinski definition) is 6. The zero-order valence-electron chi connectivity index (χ0n) is 12.4. The molecule has 0 amide bonds. The summed E-state index contributed by atoms with van der Waals surface area (Å²) in [5.41, 5.74) is 9.89. The zero-order valence-corrected chi connectivity index (χ0v) is 12.4. The van der Waals surface area contributed by atoms with Crippen molar-refractivity contribution in [2.45, 2.75) is 13.8 Å². The maximum Gasteiger partial charge on any atom is 0.222 e. The van der Waals surface area contributed by atoms with E-state index in [1.54, 1.807) is 37.7 Å². The van der Waals surface area contributed by atoms with Crippen LogP contribution in [0.25, 0.3) is 0 Å². The molecule has 1 aromatic carbocycles. The first-order valence-corrected chi connectivity index (χ1v) is 6.70. The number of aromatic nitrogens is 2. The van der Waals surface area contributed by atoms with Crippen LogP contribution >= 0.6 is 0 Å². The summed E-state index contributed by atoms with van der Waals surface area (Å²) in [6.07, 6.45) is 4.99. The Morgan fingerprint density at radius 3 is 2.68 bits per heavy atom. The number of benzene rings is 1. The second-order valence-electron chi connectivity index (χ2n) is 4.79. The number of hydrogen-bond donors (Lipinski definition) is 3. The van der Waals surface area contributed by atoms with Gasteiger partial charge in [-0.1, -0.05) is 0 Å². The molecule has 2 rings (SSSR count). The van der Waals surface area contributed by atoms with Gasteiger partial charge in [-0.15, -0.1) is 0 Å². The molecule has 1 heterocycles. The highest BCUT2D eigenvalue weighted by atomic mass is 19.1. The third-order valence-corrected chi connectivity index (χ3v) is 2.92. The molecule has 0 aliphatic rings. The molecule has 114 valence electrons. The lowest BCUT2D eigenvalue weighted by molar-refractivity contribution is 0.619. The lowest BCUT2D eigenvalue weighted by Gasteiger charge is -2.06. The third kappa shape index (κ3) is 4.34. The number of nitrogens with one attached hydrogen (secondary N) is 3. The van der Waals surface area contributed by atoms with Gasteiger partial charge in [-0.2, -0.15) is 5.11 Å². The molecule has 3 N–H and O–H groups in total. The Bertz CT molecular complexity index is 681. The Balaban J connectivity index is 1.96. The minimum Gasteiger partial charge on any atom is -0.360 e. The van der Waals surface area contributed by atoms with Crippen molar-refractivity contribution in [3.05, 3.63) is 59.4 Å². The van der Waals surface area contributed by atoms with E-state index in [0.717, 1.165) is 11.3 Å². The fraction of sp³-hybridized carbons (Fsp3) is 0.200. The molecule has 22 heavy (non-hydrogen) atoms. The van der Waals surface area contributed by atoms with E-state index >= 15 is 0 Å². The van der Waals surface area contributed by atoms with Crippen LogP contribution < -0.4 is 10.6 Å². The number of nitrogens with zero attached hydrogens (tertiary/aromatic N) is 3. The molecule has 7 heteroatoms. The van der Waals surface area contributed by atoms with Crippen LogP contribution in [0, 0.1) is 25.2 Å². The highest BCUT2D eigenvalue weighted by Crippen LogP contribution is 2.14. The van der Waals surface area contributed by atoms with Crippen molar-refractivity contribution in [2.75, 3.05) is 17.2 Å². The monoisotopic (exact) mass is 300 g/mol. The van der Waals surface area contributed by atoms with Crippen LogP contribution in [0.15, 0.2) is 47.6 Å². The Hall–Kier alpha value is -2.83. The normalized spacial score (nSPS) is 11.1. The molecule has 6 nitrogen and oxygen atoms in total. The summed E-state index contributed by atoms with van der Waals surface area (Å²) in [4.78, 5) is 8.22. The summed E-state index contributed by atoms with van der Waals surface area (Å²) in [6, 6.07) is 4.70. The van der Waals surface area contributed by atoms with Crippen LogP contribution in [0.4, 0.5) is 16.0 Å². The van der Waals surface area contributed by atoms with Crippen molar-refractivity contribution in [2.24, 2.45) is 5.11 Å². The molecule has 1 aromatic heterocycles. The van der Waals surface area contributed by atoms with Gasteiger partial charge < -0.3 is 10.6 Å². The predicted molar refractivity (Wildman–Crippen MR) is 83.2 cm³/mol. The molecule has 2 aromatic rings. The van der Waals surface area contributed by atoms with E-state index in [9.17, 15) is 4.39 Å². The van der Waals surface area contributed by atoms with Gasteiger partial charge >= 0.3 is 0 Å². The number of halogens is 1. The van der Waals surface area contributed by atoms with E-state index in [4.69, 9.17) is 5.53 Å². The molecule has 0 radical (unpaired) electrons. The van der Waals surface area contributed by atoms with Crippen LogP contribution in [-0.2, 0) is 0 Å². The maximum atomic E-state index is 13.2. The summed E-state index contributed by atoms with van der Waals surface area (Å²) in [5, 5.41) is 9.39. The van der Waals surface area contributed by atoms with Crippen LogP contribution in [0.1, 0.15) is 11.1 Å². The molecule has 0 aliphatic heterocycles. The first kappa shape index (κ1) is 15.6. The highest BCUT2D eigenvalue weighted by Gasteiger charge is 2.00.